The lowest BCUT2D eigenvalue weighted by Crippen LogP contribution is -2.46. The molecule has 7 heteroatoms. The molecule has 0 saturated carbocycles. The van der Waals surface area contributed by atoms with E-state index in [1.807, 2.05) is 32.2 Å². The van der Waals surface area contributed by atoms with Gasteiger partial charge in [0, 0.05) is 49.9 Å². The lowest BCUT2D eigenvalue weighted by Gasteiger charge is -2.36. The highest BCUT2D eigenvalue weighted by atomic mass is 32.2. The molecule has 35 heavy (non-hydrogen) atoms. The standard InChI is InChI=1S/C28H43N3O2S2/c1-4-17-31(18-5-2)35(32,33)28-24-25(15-16-27(28)34-3)12-8-7-11-19-29-20-22-30(23-21-29)26-13-9-6-10-14-26/h6,9-10,13-16,24H,4-5,7-8,11-12,17-23H2,1-3H3. The SMILES string of the molecule is CCCN(CCC)S(=O)(=O)c1cc(CCCCCN2CCN(c3ccccc3)CC2)ccc1SC. The highest BCUT2D eigenvalue weighted by Crippen LogP contribution is 2.29. The number of para-hydroxylation sites is 1. The number of piperazine rings is 1. The topological polar surface area (TPSA) is 43.9 Å². The molecule has 0 amide bonds. The van der Waals surface area contributed by atoms with E-state index in [0.29, 0.717) is 18.0 Å². The second-order valence-electron chi connectivity index (χ2n) is 9.36. The highest BCUT2D eigenvalue weighted by molar-refractivity contribution is 7.99. The Labute approximate surface area is 217 Å². The summed E-state index contributed by atoms with van der Waals surface area (Å²) >= 11 is 1.52. The summed E-state index contributed by atoms with van der Waals surface area (Å²) < 4.78 is 28.5. The fourth-order valence-corrected chi connectivity index (χ4v) is 7.55. The van der Waals surface area contributed by atoms with Crippen LogP contribution in [0, 0.1) is 0 Å². The van der Waals surface area contributed by atoms with Gasteiger partial charge in [0.2, 0.25) is 10.0 Å². The zero-order valence-corrected chi connectivity index (χ0v) is 23.4. The van der Waals surface area contributed by atoms with E-state index in [1.54, 1.807) is 4.31 Å². The monoisotopic (exact) mass is 517 g/mol. The first-order valence-corrected chi connectivity index (χ1v) is 15.9. The van der Waals surface area contributed by atoms with Gasteiger partial charge in [-0.1, -0.05) is 44.5 Å². The molecule has 1 heterocycles. The molecule has 0 unspecified atom stereocenters. The van der Waals surface area contributed by atoms with Gasteiger partial charge in [-0.25, -0.2) is 8.42 Å². The van der Waals surface area contributed by atoms with Gasteiger partial charge in [0.15, 0.2) is 0 Å². The van der Waals surface area contributed by atoms with E-state index in [9.17, 15) is 8.42 Å². The van der Waals surface area contributed by atoms with Crippen molar-refractivity contribution in [2.75, 3.05) is 57.0 Å². The molecule has 1 saturated heterocycles. The van der Waals surface area contributed by atoms with Gasteiger partial charge in [0.05, 0.1) is 4.90 Å². The third-order valence-electron chi connectivity index (χ3n) is 6.73. The predicted octanol–water partition coefficient (Wildman–Crippen LogP) is 5.75. The Morgan fingerprint density at radius 1 is 0.886 bits per heavy atom. The molecule has 0 aliphatic carbocycles. The van der Waals surface area contributed by atoms with Crippen molar-refractivity contribution in [3.8, 4) is 0 Å². The smallest absolute Gasteiger partial charge is 0.244 e. The van der Waals surface area contributed by atoms with Crippen molar-refractivity contribution in [2.45, 2.75) is 62.2 Å². The molecule has 0 bridgehead atoms. The Bertz CT molecular complexity index is 985. The molecular formula is C28H43N3O2S2. The molecule has 194 valence electrons. The molecule has 2 aromatic carbocycles. The second-order valence-corrected chi connectivity index (χ2v) is 12.1. The van der Waals surface area contributed by atoms with Crippen LogP contribution in [0.2, 0.25) is 0 Å². The third-order valence-corrected chi connectivity index (χ3v) is 9.59. The largest absolute Gasteiger partial charge is 0.369 e. The van der Waals surface area contributed by atoms with Crippen molar-refractivity contribution < 1.29 is 8.42 Å². The van der Waals surface area contributed by atoms with Crippen molar-refractivity contribution in [3.05, 3.63) is 54.1 Å². The molecule has 1 fully saturated rings. The summed E-state index contributed by atoms with van der Waals surface area (Å²) in [5.74, 6) is 0. The Balaban J connectivity index is 1.47. The summed E-state index contributed by atoms with van der Waals surface area (Å²) in [6.07, 6.45) is 8.00. The Kier molecular flexibility index (Phi) is 11.4. The van der Waals surface area contributed by atoms with Crippen LogP contribution in [0.15, 0.2) is 58.3 Å². The number of nitrogens with zero attached hydrogens (tertiary/aromatic N) is 3. The fourth-order valence-electron chi connectivity index (χ4n) is 4.78. The molecule has 0 spiro atoms. The summed E-state index contributed by atoms with van der Waals surface area (Å²) in [5.41, 5.74) is 2.46. The summed E-state index contributed by atoms with van der Waals surface area (Å²) in [6.45, 7) is 10.8. The Morgan fingerprint density at radius 2 is 1.57 bits per heavy atom. The van der Waals surface area contributed by atoms with Crippen LogP contribution in [-0.2, 0) is 16.4 Å². The first kappa shape index (κ1) is 28.0. The van der Waals surface area contributed by atoms with Crippen LogP contribution in [-0.4, -0.2) is 69.7 Å². The molecular weight excluding hydrogens is 474 g/mol. The number of unbranched alkanes of at least 4 members (excludes halogenated alkanes) is 2. The van der Waals surface area contributed by atoms with Gasteiger partial charge in [-0.05, 0) is 74.7 Å². The Hall–Kier alpha value is -1.54. The maximum Gasteiger partial charge on any atom is 0.244 e. The van der Waals surface area contributed by atoms with Gasteiger partial charge >= 0.3 is 0 Å². The summed E-state index contributed by atoms with van der Waals surface area (Å²) in [4.78, 5) is 6.39. The van der Waals surface area contributed by atoms with Crippen molar-refractivity contribution >= 4 is 27.5 Å². The van der Waals surface area contributed by atoms with Crippen molar-refractivity contribution in [1.29, 1.82) is 0 Å². The van der Waals surface area contributed by atoms with Gasteiger partial charge in [0.1, 0.15) is 0 Å². The number of hydrogen-bond acceptors (Lipinski definition) is 5. The minimum atomic E-state index is -3.46. The van der Waals surface area contributed by atoms with Crippen molar-refractivity contribution in [3.63, 3.8) is 0 Å². The first-order valence-electron chi connectivity index (χ1n) is 13.2. The van der Waals surface area contributed by atoms with E-state index >= 15 is 0 Å². The molecule has 0 aromatic heterocycles. The molecule has 3 rings (SSSR count). The third kappa shape index (κ3) is 7.97. The summed E-state index contributed by atoms with van der Waals surface area (Å²) in [5, 5.41) is 0. The number of sulfonamides is 1. The molecule has 2 aromatic rings. The second kappa shape index (κ2) is 14.3. The molecule has 5 nitrogen and oxygen atoms in total. The zero-order valence-electron chi connectivity index (χ0n) is 21.8. The van der Waals surface area contributed by atoms with E-state index in [0.717, 1.165) is 68.9 Å². The number of thioether (sulfide) groups is 1. The lowest BCUT2D eigenvalue weighted by atomic mass is 10.1. The van der Waals surface area contributed by atoms with Crippen LogP contribution >= 0.6 is 11.8 Å². The van der Waals surface area contributed by atoms with E-state index in [2.05, 4.69) is 46.2 Å². The maximum atomic E-state index is 13.4. The molecule has 0 atom stereocenters. The van der Waals surface area contributed by atoms with E-state index in [4.69, 9.17) is 0 Å². The average Bonchev–Trinajstić information content (AvgIpc) is 2.89. The van der Waals surface area contributed by atoms with Gasteiger partial charge in [-0.2, -0.15) is 4.31 Å². The van der Waals surface area contributed by atoms with Crippen LogP contribution in [0.5, 0.6) is 0 Å². The van der Waals surface area contributed by atoms with E-state index < -0.39 is 10.0 Å². The first-order chi connectivity index (χ1) is 17.0. The zero-order chi connectivity index (χ0) is 25.1. The van der Waals surface area contributed by atoms with Crippen LogP contribution in [0.25, 0.3) is 0 Å². The quantitative estimate of drug-likeness (QED) is 0.236. The predicted molar refractivity (Wildman–Crippen MR) is 150 cm³/mol. The number of aryl methyl sites for hydroxylation is 1. The molecule has 1 aliphatic rings. The fraction of sp³-hybridized carbons (Fsp3) is 0.571. The van der Waals surface area contributed by atoms with Gasteiger partial charge in [-0.15, -0.1) is 11.8 Å². The van der Waals surface area contributed by atoms with Crippen LogP contribution in [0.4, 0.5) is 5.69 Å². The number of hydrogen-bond donors (Lipinski definition) is 0. The molecule has 1 aliphatic heterocycles. The molecule has 0 N–H and O–H groups in total. The van der Waals surface area contributed by atoms with E-state index in [-0.39, 0.29) is 0 Å². The Morgan fingerprint density at radius 3 is 2.20 bits per heavy atom. The van der Waals surface area contributed by atoms with Gasteiger partial charge in [-0.3, -0.25) is 4.90 Å². The van der Waals surface area contributed by atoms with Crippen molar-refractivity contribution in [2.24, 2.45) is 0 Å². The van der Waals surface area contributed by atoms with Crippen LogP contribution in [0.1, 0.15) is 51.5 Å². The highest BCUT2D eigenvalue weighted by Gasteiger charge is 2.26. The molecule has 0 radical (unpaired) electrons. The van der Waals surface area contributed by atoms with Crippen LogP contribution in [0.3, 0.4) is 0 Å². The lowest BCUT2D eigenvalue weighted by molar-refractivity contribution is 0.252. The van der Waals surface area contributed by atoms with Crippen LogP contribution < -0.4 is 4.90 Å². The van der Waals surface area contributed by atoms with Gasteiger partial charge in [0.25, 0.3) is 0 Å². The average molecular weight is 518 g/mol. The van der Waals surface area contributed by atoms with Crippen molar-refractivity contribution in [1.82, 2.24) is 9.21 Å². The minimum Gasteiger partial charge on any atom is -0.369 e. The maximum absolute atomic E-state index is 13.4. The van der Waals surface area contributed by atoms with E-state index in [1.165, 1.54) is 30.3 Å². The number of anilines is 1. The van der Waals surface area contributed by atoms with Gasteiger partial charge < -0.3 is 4.90 Å². The number of benzene rings is 2. The minimum absolute atomic E-state index is 0.487. The summed E-state index contributed by atoms with van der Waals surface area (Å²) in [6, 6.07) is 16.7. The normalized spacial score (nSPS) is 15.1. The summed E-state index contributed by atoms with van der Waals surface area (Å²) in [7, 11) is -3.46. The number of rotatable bonds is 14.